The van der Waals surface area contributed by atoms with Crippen molar-refractivity contribution < 1.29 is 34.4 Å². The molecule has 0 saturated carbocycles. The maximum absolute atomic E-state index is 10.6. The Kier molecular flexibility index (Phi) is 3.88. The molecule has 0 aromatic rings. The molecule has 7 nitrogen and oxygen atoms in total. The largest absolute Gasteiger partial charge is 0.489 e. The normalized spacial score (nSPS) is 32.1. The number of ether oxygens (including phenoxy) is 1. The van der Waals surface area contributed by atoms with E-state index in [1.165, 1.54) is 0 Å². The van der Waals surface area contributed by atoms with Crippen LogP contribution in [0, 0.1) is 0 Å². The standard InChI is InChI=1S/C7H13O7P/c8-2-6-7(10)5(9)1-4(14-6)3-15(11,12)13/h1,5-10H,2-3H2,(H2,11,12,13). The molecule has 3 unspecified atom stereocenters. The lowest BCUT2D eigenvalue weighted by atomic mass is 10.1. The van der Waals surface area contributed by atoms with E-state index in [-0.39, 0.29) is 5.76 Å². The van der Waals surface area contributed by atoms with Crippen molar-refractivity contribution in [2.75, 3.05) is 12.8 Å². The lowest BCUT2D eigenvalue weighted by Gasteiger charge is -2.30. The highest BCUT2D eigenvalue weighted by atomic mass is 31.2. The zero-order valence-electron chi connectivity index (χ0n) is 7.72. The molecule has 0 aromatic carbocycles. The average molecular weight is 240 g/mol. The summed E-state index contributed by atoms with van der Waals surface area (Å²) >= 11 is 0. The van der Waals surface area contributed by atoms with Gasteiger partial charge in [-0.1, -0.05) is 0 Å². The molecule has 0 radical (unpaired) electrons. The molecule has 0 fully saturated rings. The van der Waals surface area contributed by atoms with Crippen molar-refractivity contribution >= 4 is 7.60 Å². The van der Waals surface area contributed by atoms with Gasteiger partial charge < -0.3 is 29.8 Å². The Morgan fingerprint density at radius 1 is 1.40 bits per heavy atom. The second-order valence-electron chi connectivity index (χ2n) is 3.28. The Balaban J connectivity index is 2.75. The molecule has 88 valence electrons. The van der Waals surface area contributed by atoms with Crippen LogP contribution >= 0.6 is 7.60 Å². The molecule has 0 spiro atoms. The molecular formula is C7H13O7P. The van der Waals surface area contributed by atoms with E-state index in [1.807, 2.05) is 0 Å². The lowest BCUT2D eigenvalue weighted by Crippen LogP contribution is -2.44. The fraction of sp³-hybridized carbons (Fsp3) is 0.714. The summed E-state index contributed by atoms with van der Waals surface area (Å²) in [5.41, 5.74) is 0. The molecule has 0 aromatic heterocycles. The molecule has 1 heterocycles. The fourth-order valence-corrected chi connectivity index (χ4v) is 1.84. The third-order valence-corrected chi connectivity index (χ3v) is 2.66. The van der Waals surface area contributed by atoms with Crippen LogP contribution in [0.1, 0.15) is 0 Å². The van der Waals surface area contributed by atoms with Crippen molar-refractivity contribution in [2.45, 2.75) is 18.3 Å². The van der Waals surface area contributed by atoms with Crippen molar-refractivity contribution in [2.24, 2.45) is 0 Å². The van der Waals surface area contributed by atoms with Crippen molar-refractivity contribution in [1.29, 1.82) is 0 Å². The van der Waals surface area contributed by atoms with Crippen molar-refractivity contribution in [3.05, 3.63) is 11.8 Å². The zero-order valence-corrected chi connectivity index (χ0v) is 8.62. The monoisotopic (exact) mass is 240 g/mol. The van der Waals surface area contributed by atoms with Gasteiger partial charge in [0.1, 0.15) is 30.2 Å². The molecule has 1 aliphatic heterocycles. The van der Waals surface area contributed by atoms with Gasteiger partial charge in [-0.2, -0.15) is 0 Å². The van der Waals surface area contributed by atoms with Gasteiger partial charge in [-0.05, 0) is 6.08 Å². The third kappa shape index (κ3) is 3.57. The molecular weight excluding hydrogens is 227 g/mol. The number of aliphatic hydroxyl groups is 3. The molecule has 5 N–H and O–H groups in total. The predicted molar refractivity (Wildman–Crippen MR) is 49.0 cm³/mol. The quantitative estimate of drug-likeness (QED) is 0.367. The number of allylic oxidation sites excluding steroid dienone is 1. The lowest BCUT2D eigenvalue weighted by molar-refractivity contribution is -0.0902. The van der Waals surface area contributed by atoms with E-state index in [0.717, 1.165) is 6.08 Å². The third-order valence-electron chi connectivity index (χ3n) is 1.93. The summed E-state index contributed by atoms with van der Waals surface area (Å²) in [7, 11) is -4.29. The highest BCUT2D eigenvalue weighted by Gasteiger charge is 2.33. The number of hydrogen-bond donors (Lipinski definition) is 5. The molecule has 3 atom stereocenters. The minimum Gasteiger partial charge on any atom is -0.489 e. The van der Waals surface area contributed by atoms with E-state index in [9.17, 15) is 14.8 Å². The first-order valence-electron chi connectivity index (χ1n) is 4.22. The highest BCUT2D eigenvalue weighted by molar-refractivity contribution is 7.52. The van der Waals surface area contributed by atoms with E-state index < -0.39 is 38.7 Å². The molecule has 0 aliphatic carbocycles. The summed E-state index contributed by atoms with van der Waals surface area (Å²) in [5.74, 6) is -0.125. The maximum atomic E-state index is 10.6. The minimum absolute atomic E-state index is 0.125. The molecule has 1 aliphatic rings. The van der Waals surface area contributed by atoms with Gasteiger partial charge in [0.05, 0.1) is 6.61 Å². The first-order valence-corrected chi connectivity index (χ1v) is 6.02. The van der Waals surface area contributed by atoms with Crippen LogP contribution in [-0.4, -0.2) is 56.2 Å². The van der Waals surface area contributed by atoms with Crippen LogP contribution < -0.4 is 0 Å². The second-order valence-corrected chi connectivity index (χ2v) is 4.92. The summed E-state index contributed by atoms with van der Waals surface area (Å²) in [5, 5.41) is 27.3. The molecule has 8 heteroatoms. The Bertz CT molecular complexity index is 296. The predicted octanol–water partition coefficient (Wildman–Crippen LogP) is -1.84. The number of aliphatic hydroxyl groups excluding tert-OH is 3. The van der Waals surface area contributed by atoms with Gasteiger partial charge in [-0.3, -0.25) is 4.57 Å². The van der Waals surface area contributed by atoms with Crippen LogP contribution in [0.2, 0.25) is 0 Å². The zero-order chi connectivity index (χ0) is 11.6. The van der Waals surface area contributed by atoms with Crippen LogP contribution in [0.5, 0.6) is 0 Å². The van der Waals surface area contributed by atoms with Crippen LogP contribution in [0.4, 0.5) is 0 Å². The summed E-state index contributed by atoms with van der Waals surface area (Å²) in [6.07, 6.45) is -3.29. The molecule has 1 rings (SSSR count). The topological polar surface area (TPSA) is 127 Å². The summed E-state index contributed by atoms with van der Waals surface area (Å²) in [6.45, 7) is -0.545. The van der Waals surface area contributed by atoms with Crippen LogP contribution in [-0.2, 0) is 9.30 Å². The van der Waals surface area contributed by atoms with Gasteiger partial charge in [0.15, 0.2) is 0 Å². The van der Waals surface area contributed by atoms with Gasteiger partial charge >= 0.3 is 7.60 Å². The average Bonchev–Trinajstić information content (AvgIpc) is 2.08. The highest BCUT2D eigenvalue weighted by Crippen LogP contribution is 2.38. The fourth-order valence-electron chi connectivity index (χ4n) is 1.25. The van der Waals surface area contributed by atoms with E-state index in [0.29, 0.717) is 0 Å². The second kappa shape index (κ2) is 4.61. The van der Waals surface area contributed by atoms with Crippen LogP contribution in [0.25, 0.3) is 0 Å². The van der Waals surface area contributed by atoms with Gasteiger partial charge in [0.2, 0.25) is 0 Å². The molecule has 15 heavy (non-hydrogen) atoms. The van der Waals surface area contributed by atoms with E-state index in [4.69, 9.17) is 19.6 Å². The first kappa shape index (κ1) is 12.6. The molecule has 0 bridgehead atoms. The number of hydrogen-bond acceptors (Lipinski definition) is 5. The SMILES string of the molecule is O=P(O)(O)CC1=CC(O)C(O)C(CO)O1. The summed E-state index contributed by atoms with van der Waals surface area (Å²) in [4.78, 5) is 17.3. The van der Waals surface area contributed by atoms with Crippen molar-refractivity contribution in [1.82, 2.24) is 0 Å². The first-order chi connectivity index (χ1) is 6.83. The molecule has 0 saturated heterocycles. The Hall–Kier alpha value is -0.430. The van der Waals surface area contributed by atoms with E-state index >= 15 is 0 Å². The smallest absolute Gasteiger partial charge is 0.333 e. The minimum atomic E-state index is -4.29. The molecule has 0 amide bonds. The van der Waals surface area contributed by atoms with Gasteiger partial charge in [0.25, 0.3) is 0 Å². The van der Waals surface area contributed by atoms with Crippen molar-refractivity contribution in [3.63, 3.8) is 0 Å². The van der Waals surface area contributed by atoms with Crippen molar-refractivity contribution in [3.8, 4) is 0 Å². The van der Waals surface area contributed by atoms with E-state index in [2.05, 4.69) is 0 Å². The van der Waals surface area contributed by atoms with E-state index in [1.54, 1.807) is 0 Å². The van der Waals surface area contributed by atoms with Gasteiger partial charge in [-0.25, -0.2) is 0 Å². The van der Waals surface area contributed by atoms with Gasteiger partial charge in [0, 0.05) is 0 Å². The van der Waals surface area contributed by atoms with Gasteiger partial charge in [-0.15, -0.1) is 0 Å². The Labute approximate surface area is 85.8 Å². The Morgan fingerprint density at radius 3 is 2.47 bits per heavy atom. The van der Waals surface area contributed by atoms with Crippen LogP contribution in [0.15, 0.2) is 11.8 Å². The summed E-state index contributed by atoms with van der Waals surface area (Å²) < 4.78 is 15.6. The summed E-state index contributed by atoms with van der Waals surface area (Å²) in [6, 6.07) is 0. The van der Waals surface area contributed by atoms with Crippen LogP contribution in [0.3, 0.4) is 0 Å². The Morgan fingerprint density at radius 2 is 2.00 bits per heavy atom. The maximum Gasteiger partial charge on any atom is 0.333 e. The number of rotatable bonds is 3.